The normalized spacial score (nSPS) is 21.2. The SMILES string of the molecule is CCCN1C[CH][C@H](c2cccc(C)c2C)[C@@H](C(=O)c2ccccc2)C1. The number of hydrogen-bond acceptors (Lipinski definition) is 2. The maximum absolute atomic E-state index is 13.3. The van der Waals surface area contributed by atoms with Gasteiger partial charge in [0.15, 0.2) is 5.78 Å². The largest absolute Gasteiger partial charge is 0.302 e. The van der Waals surface area contributed by atoms with E-state index in [-0.39, 0.29) is 17.6 Å². The Morgan fingerprint density at radius 3 is 2.56 bits per heavy atom. The quantitative estimate of drug-likeness (QED) is 0.731. The van der Waals surface area contributed by atoms with Crippen molar-refractivity contribution in [1.29, 1.82) is 0 Å². The van der Waals surface area contributed by atoms with E-state index < -0.39 is 0 Å². The lowest BCUT2D eigenvalue weighted by atomic mass is 9.75. The summed E-state index contributed by atoms with van der Waals surface area (Å²) in [7, 11) is 0. The number of rotatable bonds is 5. The van der Waals surface area contributed by atoms with E-state index in [9.17, 15) is 4.79 Å². The minimum Gasteiger partial charge on any atom is -0.302 e. The highest BCUT2D eigenvalue weighted by Gasteiger charge is 2.36. The first kappa shape index (κ1) is 17.9. The smallest absolute Gasteiger partial charge is 0.167 e. The molecule has 0 spiro atoms. The summed E-state index contributed by atoms with van der Waals surface area (Å²) in [6.07, 6.45) is 3.47. The van der Waals surface area contributed by atoms with Crippen molar-refractivity contribution in [3.8, 4) is 0 Å². The molecular weight excluding hydrogens is 306 g/mol. The van der Waals surface area contributed by atoms with Gasteiger partial charge in [0.1, 0.15) is 0 Å². The molecule has 1 aliphatic rings. The Bertz CT molecular complexity index is 722. The number of Topliss-reactive ketones (excluding diaryl/α,β-unsaturated/α-hetero) is 1. The molecule has 0 amide bonds. The molecule has 2 heteroatoms. The molecule has 0 saturated carbocycles. The number of nitrogens with zero attached hydrogens (tertiary/aromatic N) is 1. The lowest BCUT2D eigenvalue weighted by Gasteiger charge is -2.38. The van der Waals surface area contributed by atoms with Gasteiger partial charge in [0.05, 0.1) is 0 Å². The van der Waals surface area contributed by atoms with Gasteiger partial charge in [-0.25, -0.2) is 0 Å². The maximum Gasteiger partial charge on any atom is 0.167 e. The first-order valence-electron chi connectivity index (χ1n) is 9.33. The summed E-state index contributed by atoms with van der Waals surface area (Å²) in [5.41, 5.74) is 4.76. The molecule has 0 bridgehead atoms. The third-order valence-corrected chi connectivity index (χ3v) is 5.45. The number of benzene rings is 2. The van der Waals surface area contributed by atoms with Crippen molar-refractivity contribution in [2.45, 2.75) is 33.1 Å². The zero-order valence-corrected chi connectivity index (χ0v) is 15.5. The van der Waals surface area contributed by atoms with Gasteiger partial charge in [-0.1, -0.05) is 55.5 Å². The summed E-state index contributed by atoms with van der Waals surface area (Å²) in [5.74, 6) is 0.451. The molecule has 131 valence electrons. The molecule has 25 heavy (non-hydrogen) atoms. The van der Waals surface area contributed by atoms with Crippen LogP contribution in [0.3, 0.4) is 0 Å². The Labute approximate surface area is 151 Å². The fourth-order valence-corrected chi connectivity index (χ4v) is 3.93. The number of piperidine rings is 1. The summed E-state index contributed by atoms with van der Waals surface area (Å²) in [6, 6.07) is 16.2. The minimum absolute atomic E-state index is 0.0109. The molecule has 2 nitrogen and oxygen atoms in total. The van der Waals surface area contributed by atoms with Crippen molar-refractivity contribution in [3.63, 3.8) is 0 Å². The van der Waals surface area contributed by atoms with Gasteiger partial charge in [0.2, 0.25) is 0 Å². The summed E-state index contributed by atoms with van der Waals surface area (Å²) < 4.78 is 0. The van der Waals surface area contributed by atoms with Crippen LogP contribution >= 0.6 is 0 Å². The van der Waals surface area contributed by atoms with Gasteiger partial charge in [0.25, 0.3) is 0 Å². The van der Waals surface area contributed by atoms with E-state index >= 15 is 0 Å². The molecule has 0 aromatic heterocycles. The third kappa shape index (κ3) is 3.85. The number of hydrogen-bond donors (Lipinski definition) is 0. The van der Waals surface area contributed by atoms with Crippen molar-refractivity contribution in [3.05, 3.63) is 77.2 Å². The first-order chi connectivity index (χ1) is 12.1. The maximum atomic E-state index is 13.3. The van der Waals surface area contributed by atoms with E-state index in [1.165, 1.54) is 16.7 Å². The Morgan fingerprint density at radius 2 is 1.84 bits per heavy atom. The number of ketones is 1. The first-order valence-corrected chi connectivity index (χ1v) is 9.33. The van der Waals surface area contributed by atoms with Gasteiger partial charge in [-0.15, -0.1) is 0 Å². The van der Waals surface area contributed by atoms with Gasteiger partial charge >= 0.3 is 0 Å². The summed E-state index contributed by atoms with van der Waals surface area (Å²) in [6.45, 7) is 9.39. The van der Waals surface area contributed by atoms with Crippen LogP contribution in [-0.2, 0) is 0 Å². The lowest BCUT2D eigenvalue weighted by molar-refractivity contribution is 0.0828. The van der Waals surface area contributed by atoms with E-state index in [0.29, 0.717) is 0 Å². The van der Waals surface area contributed by atoms with Gasteiger partial charge in [-0.2, -0.15) is 0 Å². The van der Waals surface area contributed by atoms with Crippen LogP contribution < -0.4 is 0 Å². The highest BCUT2D eigenvalue weighted by Crippen LogP contribution is 2.36. The Morgan fingerprint density at radius 1 is 1.08 bits per heavy atom. The highest BCUT2D eigenvalue weighted by molar-refractivity contribution is 5.98. The number of aryl methyl sites for hydroxylation is 1. The molecule has 1 saturated heterocycles. The zero-order valence-electron chi connectivity index (χ0n) is 15.5. The van der Waals surface area contributed by atoms with E-state index in [2.05, 4.69) is 50.3 Å². The Balaban J connectivity index is 1.95. The van der Waals surface area contributed by atoms with Crippen molar-refractivity contribution < 1.29 is 4.79 Å². The van der Waals surface area contributed by atoms with E-state index in [4.69, 9.17) is 0 Å². The predicted molar refractivity (Wildman–Crippen MR) is 104 cm³/mol. The Kier molecular flexibility index (Phi) is 5.70. The van der Waals surface area contributed by atoms with Crippen LogP contribution in [0.1, 0.15) is 46.3 Å². The summed E-state index contributed by atoms with van der Waals surface area (Å²) in [5, 5.41) is 0. The van der Waals surface area contributed by atoms with Crippen LogP contribution in [-0.4, -0.2) is 30.3 Å². The molecule has 1 aliphatic heterocycles. The zero-order chi connectivity index (χ0) is 17.8. The number of carbonyl (C=O) groups is 1. The van der Waals surface area contributed by atoms with Crippen LogP contribution in [0.15, 0.2) is 48.5 Å². The highest BCUT2D eigenvalue weighted by atomic mass is 16.1. The predicted octanol–water partition coefficient (Wildman–Crippen LogP) is 4.82. The minimum atomic E-state index is -0.0109. The molecule has 2 atom stereocenters. The van der Waals surface area contributed by atoms with Gasteiger partial charge in [-0.05, 0) is 55.8 Å². The van der Waals surface area contributed by atoms with Crippen molar-refractivity contribution >= 4 is 5.78 Å². The molecule has 1 fully saturated rings. The molecule has 0 unspecified atom stereocenters. The average Bonchev–Trinajstić information content (AvgIpc) is 2.64. The van der Waals surface area contributed by atoms with Gasteiger partial charge in [0, 0.05) is 24.6 Å². The summed E-state index contributed by atoms with van der Waals surface area (Å²) >= 11 is 0. The standard InChI is InChI=1S/C23H28NO/c1-4-14-24-15-13-21(20-12-8-9-17(2)18(20)3)22(16-24)23(25)19-10-6-5-7-11-19/h5-13,21-22H,4,14-16H2,1-3H3/t21-,22+/m1/s1. The van der Waals surface area contributed by atoms with Crippen LogP contribution in [0.5, 0.6) is 0 Å². The van der Waals surface area contributed by atoms with E-state index in [1.807, 2.05) is 30.3 Å². The van der Waals surface area contributed by atoms with Crippen LogP contribution in [0.2, 0.25) is 0 Å². The van der Waals surface area contributed by atoms with E-state index in [1.54, 1.807) is 0 Å². The lowest BCUT2D eigenvalue weighted by Crippen LogP contribution is -2.43. The fraction of sp³-hybridized carbons (Fsp3) is 0.391. The second kappa shape index (κ2) is 7.97. The second-order valence-electron chi connectivity index (χ2n) is 7.15. The second-order valence-corrected chi connectivity index (χ2v) is 7.15. The molecule has 2 aromatic carbocycles. The molecule has 1 radical (unpaired) electrons. The molecule has 3 rings (SSSR count). The monoisotopic (exact) mass is 334 g/mol. The third-order valence-electron chi connectivity index (χ3n) is 5.45. The van der Waals surface area contributed by atoms with Gasteiger partial charge < -0.3 is 4.90 Å². The van der Waals surface area contributed by atoms with E-state index in [0.717, 1.165) is 31.6 Å². The van der Waals surface area contributed by atoms with Gasteiger partial charge in [-0.3, -0.25) is 4.79 Å². The Hall–Kier alpha value is -1.93. The average molecular weight is 334 g/mol. The molecule has 1 heterocycles. The van der Waals surface area contributed by atoms with Crippen molar-refractivity contribution in [2.75, 3.05) is 19.6 Å². The van der Waals surface area contributed by atoms with Crippen LogP contribution in [0, 0.1) is 26.2 Å². The molecule has 0 aliphatic carbocycles. The number of carbonyl (C=O) groups excluding carboxylic acids is 1. The van der Waals surface area contributed by atoms with Crippen LogP contribution in [0.4, 0.5) is 0 Å². The molecular formula is C23H28NO. The number of likely N-dealkylation sites (tertiary alicyclic amines) is 1. The van der Waals surface area contributed by atoms with Crippen LogP contribution in [0.25, 0.3) is 0 Å². The van der Waals surface area contributed by atoms with Crippen molar-refractivity contribution in [2.24, 2.45) is 5.92 Å². The molecule has 2 aromatic rings. The van der Waals surface area contributed by atoms with Crippen molar-refractivity contribution in [1.82, 2.24) is 4.90 Å². The fourth-order valence-electron chi connectivity index (χ4n) is 3.93. The summed E-state index contributed by atoms with van der Waals surface area (Å²) in [4.78, 5) is 15.7. The topological polar surface area (TPSA) is 20.3 Å². The molecule has 0 N–H and O–H groups in total.